The molecule has 1 unspecified atom stereocenters. The summed E-state index contributed by atoms with van der Waals surface area (Å²) in [5, 5.41) is 2.96. The van der Waals surface area contributed by atoms with Gasteiger partial charge >= 0.3 is 10.2 Å². The molecule has 1 aliphatic heterocycles. The minimum Gasteiger partial charge on any atom is -0.494 e. The van der Waals surface area contributed by atoms with Gasteiger partial charge in [-0.25, -0.2) is 0 Å². The largest absolute Gasteiger partial charge is 0.494 e. The van der Waals surface area contributed by atoms with E-state index in [0.29, 0.717) is 56.4 Å². The second-order valence-electron chi connectivity index (χ2n) is 7.77. The zero-order chi connectivity index (χ0) is 21.4. The minimum absolute atomic E-state index is 0.0466. The fraction of sp³-hybridized carbons (Fsp3) is 0.667. The smallest absolute Gasteiger partial charge is 0.304 e. The molecule has 29 heavy (non-hydrogen) atoms. The zero-order valence-corrected chi connectivity index (χ0v) is 18.9. The molecule has 1 N–H and O–H groups in total. The molecule has 1 aliphatic rings. The van der Waals surface area contributed by atoms with Gasteiger partial charge in [0.2, 0.25) is 5.91 Å². The third-order valence-electron chi connectivity index (χ3n) is 5.10. The summed E-state index contributed by atoms with van der Waals surface area (Å²) in [5.74, 6) is 0.881. The van der Waals surface area contributed by atoms with E-state index in [4.69, 9.17) is 4.74 Å². The average molecular weight is 426 g/mol. The quantitative estimate of drug-likeness (QED) is 0.625. The highest BCUT2D eigenvalue weighted by Crippen LogP contribution is 2.27. The van der Waals surface area contributed by atoms with Crippen molar-refractivity contribution in [3.63, 3.8) is 0 Å². The summed E-state index contributed by atoms with van der Waals surface area (Å²) in [6.07, 6.45) is 2.32. The van der Waals surface area contributed by atoms with Crippen molar-refractivity contribution in [2.75, 3.05) is 37.1 Å². The van der Waals surface area contributed by atoms with Gasteiger partial charge in [0.25, 0.3) is 0 Å². The van der Waals surface area contributed by atoms with Crippen molar-refractivity contribution in [1.29, 1.82) is 0 Å². The van der Waals surface area contributed by atoms with Crippen molar-refractivity contribution in [1.82, 2.24) is 9.62 Å². The first-order chi connectivity index (χ1) is 13.8. The van der Waals surface area contributed by atoms with Gasteiger partial charge in [0.15, 0.2) is 0 Å². The van der Waals surface area contributed by atoms with E-state index in [1.807, 2.05) is 13.8 Å². The van der Waals surface area contributed by atoms with Gasteiger partial charge in [0.1, 0.15) is 5.75 Å². The third-order valence-corrected chi connectivity index (χ3v) is 7.11. The standard InChI is InChI=1S/C21H35N3O4S/c1-5-24(19-9-11-20(12-10-19)28-6-2)29(26,27)23-15-7-8-18(16-23)21(25)22-14-13-17(3)4/h9-12,17-18H,5-8,13-16H2,1-4H3,(H,22,25). The molecule has 0 saturated carbocycles. The molecule has 1 aromatic carbocycles. The van der Waals surface area contributed by atoms with Crippen LogP contribution < -0.4 is 14.4 Å². The van der Waals surface area contributed by atoms with Gasteiger partial charge in [0, 0.05) is 26.2 Å². The number of nitrogens with zero attached hydrogens (tertiary/aromatic N) is 2. The van der Waals surface area contributed by atoms with Gasteiger partial charge < -0.3 is 10.1 Å². The molecule has 7 nitrogen and oxygen atoms in total. The molecule has 1 heterocycles. The number of carbonyl (C=O) groups is 1. The molecule has 1 fully saturated rings. The molecule has 1 amide bonds. The van der Waals surface area contributed by atoms with Crippen molar-refractivity contribution in [2.24, 2.45) is 11.8 Å². The number of carbonyl (C=O) groups excluding carboxylic acids is 1. The molecule has 0 radical (unpaired) electrons. The van der Waals surface area contributed by atoms with Crippen LogP contribution in [0.3, 0.4) is 0 Å². The SMILES string of the molecule is CCOc1ccc(N(CC)S(=O)(=O)N2CCCC(C(=O)NCCC(C)C)C2)cc1. The van der Waals surface area contributed by atoms with Crippen LogP contribution in [0.15, 0.2) is 24.3 Å². The summed E-state index contributed by atoms with van der Waals surface area (Å²) < 4.78 is 34.9. The Labute approximate surface area is 175 Å². The zero-order valence-electron chi connectivity index (χ0n) is 18.1. The van der Waals surface area contributed by atoms with Crippen LogP contribution in [-0.4, -0.2) is 51.4 Å². The average Bonchev–Trinajstić information content (AvgIpc) is 2.69. The Kier molecular flexibility index (Phi) is 8.77. The van der Waals surface area contributed by atoms with Crippen LogP contribution in [0, 0.1) is 11.8 Å². The fourth-order valence-corrected chi connectivity index (χ4v) is 5.21. The number of amides is 1. The number of hydrogen-bond donors (Lipinski definition) is 1. The van der Waals surface area contributed by atoms with Gasteiger partial charge in [0.05, 0.1) is 18.2 Å². The van der Waals surface area contributed by atoms with E-state index in [0.717, 1.165) is 6.42 Å². The predicted molar refractivity (Wildman–Crippen MR) is 116 cm³/mol. The summed E-state index contributed by atoms with van der Waals surface area (Å²) >= 11 is 0. The molecule has 0 aromatic heterocycles. The first-order valence-electron chi connectivity index (χ1n) is 10.6. The number of hydrogen-bond acceptors (Lipinski definition) is 4. The Morgan fingerprint density at radius 2 is 1.97 bits per heavy atom. The van der Waals surface area contributed by atoms with Crippen LogP contribution in [-0.2, 0) is 15.0 Å². The van der Waals surface area contributed by atoms with Crippen LogP contribution >= 0.6 is 0 Å². The number of nitrogens with one attached hydrogen (secondary N) is 1. The molecule has 0 aliphatic carbocycles. The van der Waals surface area contributed by atoms with Crippen LogP contribution in [0.25, 0.3) is 0 Å². The van der Waals surface area contributed by atoms with Crippen LogP contribution in [0.2, 0.25) is 0 Å². The Morgan fingerprint density at radius 1 is 1.28 bits per heavy atom. The Morgan fingerprint density at radius 3 is 2.55 bits per heavy atom. The Balaban J connectivity index is 2.08. The Hall–Kier alpha value is -1.80. The molecular formula is C21H35N3O4S. The molecule has 1 atom stereocenters. The molecule has 1 saturated heterocycles. The van der Waals surface area contributed by atoms with Gasteiger partial charge in [-0.05, 0) is 63.3 Å². The van der Waals surface area contributed by atoms with E-state index >= 15 is 0 Å². The molecule has 8 heteroatoms. The molecule has 2 rings (SSSR count). The highest BCUT2D eigenvalue weighted by atomic mass is 32.2. The minimum atomic E-state index is -3.71. The monoisotopic (exact) mass is 425 g/mol. The number of ether oxygens (including phenoxy) is 1. The maximum absolute atomic E-state index is 13.3. The predicted octanol–water partition coefficient (Wildman–Crippen LogP) is 3.03. The summed E-state index contributed by atoms with van der Waals surface area (Å²) in [6.45, 7) is 10.1. The van der Waals surface area contributed by atoms with Gasteiger partial charge in [-0.3, -0.25) is 9.10 Å². The molecule has 1 aromatic rings. The van der Waals surface area contributed by atoms with E-state index in [1.54, 1.807) is 24.3 Å². The molecule has 164 valence electrons. The van der Waals surface area contributed by atoms with E-state index < -0.39 is 10.2 Å². The van der Waals surface area contributed by atoms with E-state index in [9.17, 15) is 13.2 Å². The van der Waals surface area contributed by atoms with Crippen LogP contribution in [0.1, 0.15) is 47.0 Å². The fourth-order valence-electron chi connectivity index (χ4n) is 3.49. The lowest BCUT2D eigenvalue weighted by atomic mass is 9.98. The number of rotatable bonds is 10. The maximum Gasteiger partial charge on any atom is 0.304 e. The highest BCUT2D eigenvalue weighted by molar-refractivity contribution is 7.90. The summed E-state index contributed by atoms with van der Waals surface area (Å²) in [6, 6.07) is 7.06. The van der Waals surface area contributed by atoms with E-state index in [1.165, 1.54) is 8.61 Å². The summed E-state index contributed by atoms with van der Waals surface area (Å²) in [7, 11) is -3.71. The molecular weight excluding hydrogens is 390 g/mol. The second-order valence-corrected chi connectivity index (χ2v) is 9.62. The van der Waals surface area contributed by atoms with Crippen molar-refractivity contribution < 1.29 is 17.9 Å². The lowest BCUT2D eigenvalue weighted by Gasteiger charge is -2.35. The van der Waals surface area contributed by atoms with E-state index in [2.05, 4.69) is 19.2 Å². The lowest BCUT2D eigenvalue weighted by Crippen LogP contribution is -2.50. The van der Waals surface area contributed by atoms with Crippen molar-refractivity contribution in [2.45, 2.75) is 47.0 Å². The molecule has 0 bridgehead atoms. The van der Waals surface area contributed by atoms with Crippen molar-refractivity contribution in [3.8, 4) is 5.75 Å². The first-order valence-corrected chi connectivity index (χ1v) is 12.0. The first kappa shape index (κ1) is 23.5. The lowest BCUT2D eigenvalue weighted by molar-refractivity contribution is -0.126. The highest BCUT2D eigenvalue weighted by Gasteiger charge is 2.35. The maximum atomic E-state index is 13.3. The van der Waals surface area contributed by atoms with E-state index in [-0.39, 0.29) is 18.4 Å². The van der Waals surface area contributed by atoms with Gasteiger partial charge in [-0.1, -0.05) is 13.8 Å². The number of piperidine rings is 1. The van der Waals surface area contributed by atoms with Crippen LogP contribution in [0.5, 0.6) is 5.75 Å². The van der Waals surface area contributed by atoms with Gasteiger partial charge in [-0.15, -0.1) is 0 Å². The van der Waals surface area contributed by atoms with Crippen LogP contribution in [0.4, 0.5) is 5.69 Å². The molecule has 0 spiro atoms. The normalized spacial score (nSPS) is 17.9. The second kappa shape index (κ2) is 10.8. The summed E-state index contributed by atoms with van der Waals surface area (Å²) in [5.41, 5.74) is 0.597. The topological polar surface area (TPSA) is 79.0 Å². The third kappa shape index (κ3) is 6.34. The number of anilines is 1. The number of benzene rings is 1. The van der Waals surface area contributed by atoms with Gasteiger partial charge in [-0.2, -0.15) is 12.7 Å². The van der Waals surface area contributed by atoms with Crippen molar-refractivity contribution >= 4 is 21.8 Å². The van der Waals surface area contributed by atoms with Crippen molar-refractivity contribution in [3.05, 3.63) is 24.3 Å². The summed E-state index contributed by atoms with van der Waals surface area (Å²) in [4.78, 5) is 12.5. The Bertz CT molecular complexity index is 750.